The Bertz CT molecular complexity index is 639. The first-order valence-corrected chi connectivity index (χ1v) is 6.95. The van der Waals surface area contributed by atoms with Gasteiger partial charge in [0.2, 0.25) is 5.91 Å². The Kier molecular flexibility index (Phi) is 6.37. The van der Waals surface area contributed by atoms with E-state index >= 15 is 0 Å². The van der Waals surface area contributed by atoms with Crippen LogP contribution in [0.1, 0.15) is 37.0 Å². The van der Waals surface area contributed by atoms with Gasteiger partial charge in [-0.3, -0.25) is 24.5 Å². The minimum Gasteiger partial charge on any atom is -0.469 e. The zero-order valence-corrected chi connectivity index (χ0v) is 13.1. The molecular formula is C15H18N2O6. The first-order valence-electron chi connectivity index (χ1n) is 6.95. The van der Waals surface area contributed by atoms with E-state index in [2.05, 4.69) is 10.1 Å². The minimum absolute atomic E-state index is 0.0261. The summed E-state index contributed by atoms with van der Waals surface area (Å²) in [6.45, 7) is 3.32. The summed E-state index contributed by atoms with van der Waals surface area (Å²) in [4.78, 5) is 45.1. The van der Waals surface area contributed by atoms with Gasteiger partial charge in [-0.1, -0.05) is 13.8 Å². The Morgan fingerprint density at radius 3 is 2.43 bits per heavy atom. The number of nitro groups is 1. The molecule has 0 aromatic heterocycles. The van der Waals surface area contributed by atoms with Crippen LogP contribution in [0, 0.1) is 16.0 Å². The van der Waals surface area contributed by atoms with Crippen LogP contribution in [0.4, 0.5) is 11.4 Å². The number of amides is 1. The molecule has 0 aliphatic carbocycles. The van der Waals surface area contributed by atoms with Crippen molar-refractivity contribution in [2.24, 2.45) is 5.92 Å². The average Bonchev–Trinajstić information content (AvgIpc) is 2.51. The highest BCUT2D eigenvalue weighted by atomic mass is 16.6. The maximum atomic E-state index is 12.0. The largest absolute Gasteiger partial charge is 0.469 e. The highest BCUT2D eigenvalue weighted by Crippen LogP contribution is 2.26. The molecule has 8 heteroatoms. The maximum Gasteiger partial charge on any atom is 0.305 e. The third kappa shape index (κ3) is 5.17. The van der Waals surface area contributed by atoms with E-state index < -0.39 is 16.7 Å². The minimum atomic E-state index is -0.674. The van der Waals surface area contributed by atoms with Gasteiger partial charge in [0.25, 0.3) is 5.69 Å². The molecule has 0 atom stereocenters. The number of nitro benzene ring substituents is 1. The van der Waals surface area contributed by atoms with Crippen LogP contribution in [0.15, 0.2) is 18.2 Å². The quantitative estimate of drug-likeness (QED) is 0.356. The Balaban J connectivity index is 2.99. The molecule has 0 heterocycles. The van der Waals surface area contributed by atoms with Crippen LogP contribution in [0.3, 0.4) is 0 Å². The van der Waals surface area contributed by atoms with Crippen molar-refractivity contribution < 1.29 is 24.0 Å². The lowest BCUT2D eigenvalue weighted by atomic mass is 10.0. The van der Waals surface area contributed by atoms with E-state index in [0.717, 1.165) is 6.07 Å². The van der Waals surface area contributed by atoms with Gasteiger partial charge in [0.15, 0.2) is 5.78 Å². The average molecular weight is 322 g/mol. The van der Waals surface area contributed by atoms with Crippen molar-refractivity contribution in [3.63, 3.8) is 0 Å². The third-order valence-corrected chi connectivity index (χ3v) is 3.08. The summed E-state index contributed by atoms with van der Waals surface area (Å²) in [6, 6.07) is 3.78. The van der Waals surface area contributed by atoms with Crippen molar-refractivity contribution in [2.75, 3.05) is 12.4 Å². The topological polar surface area (TPSA) is 116 Å². The third-order valence-electron chi connectivity index (χ3n) is 3.08. The molecule has 0 saturated carbocycles. The number of ketones is 1. The molecule has 8 nitrogen and oxygen atoms in total. The molecule has 0 aliphatic heterocycles. The second-order valence-corrected chi connectivity index (χ2v) is 5.13. The van der Waals surface area contributed by atoms with Gasteiger partial charge in [-0.2, -0.15) is 0 Å². The molecule has 0 fully saturated rings. The van der Waals surface area contributed by atoms with Gasteiger partial charge in [-0.15, -0.1) is 0 Å². The number of ether oxygens (including phenoxy) is 1. The molecule has 124 valence electrons. The van der Waals surface area contributed by atoms with Gasteiger partial charge in [-0.05, 0) is 12.1 Å². The molecule has 0 radical (unpaired) electrons. The summed E-state index contributed by atoms with van der Waals surface area (Å²) < 4.78 is 4.44. The van der Waals surface area contributed by atoms with E-state index in [4.69, 9.17) is 0 Å². The molecular weight excluding hydrogens is 304 g/mol. The number of carbonyl (C=O) groups excluding carboxylic acids is 3. The molecule has 1 N–H and O–H groups in total. The number of hydrogen-bond acceptors (Lipinski definition) is 6. The van der Waals surface area contributed by atoms with Crippen molar-refractivity contribution in [3.05, 3.63) is 33.9 Å². The van der Waals surface area contributed by atoms with Crippen LogP contribution in [0.2, 0.25) is 0 Å². The van der Waals surface area contributed by atoms with Crippen LogP contribution in [-0.2, 0) is 14.3 Å². The number of carbonyl (C=O) groups is 3. The second kappa shape index (κ2) is 8.02. The van der Waals surface area contributed by atoms with Crippen molar-refractivity contribution in [1.82, 2.24) is 0 Å². The van der Waals surface area contributed by atoms with E-state index in [-0.39, 0.29) is 41.6 Å². The van der Waals surface area contributed by atoms with Gasteiger partial charge in [0.05, 0.1) is 18.5 Å². The standard InChI is InChI=1S/C15H18N2O6/c1-9(2)15(20)16-11-5-4-10(8-12(11)17(21)22)13(18)6-7-14(19)23-3/h4-5,8-9H,6-7H2,1-3H3,(H,16,20). The predicted octanol–water partition coefficient (Wildman–Crippen LogP) is 2.33. The number of nitrogens with one attached hydrogen (secondary N) is 1. The molecule has 0 aliphatic rings. The van der Waals surface area contributed by atoms with E-state index in [1.54, 1.807) is 13.8 Å². The van der Waals surface area contributed by atoms with Crippen molar-refractivity contribution in [3.8, 4) is 0 Å². The van der Waals surface area contributed by atoms with Crippen molar-refractivity contribution in [2.45, 2.75) is 26.7 Å². The number of anilines is 1. The number of nitrogens with zero attached hydrogens (tertiary/aromatic N) is 1. The van der Waals surface area contributed by atoms with Gasteiger partial charge >= 0.3 is 5.97 Å². The van der Waals surface area contributed by atoms with Gasteiger partial charge in [0, 0.05) is 24.0 Å². The van der Waals surface area contributed by atoms with Crippen molar-refractivity contribution >= 4 is 29.0 Å². The maximum absolute atomic E-state index is 12.0. The molecule has 1 rings (SSSR count). The fourth-order valence-electron chi connectivity index (χ4n) is 1.70. The van der Waals surface area contributed by atoms with Crippen molar-refractivity contribution in [1.29, 1.82) is 0 Å². The number of benzene rings is 1. The van der Waals surface area contributed by atoms with Crippen LogP contribution in [0.25, 0.3) is 0 Å². The summed E-state index contributed by atoms with van der Waals surface area (Å²) in [6.07, 6.45) is -0.212. The van der Waals surface area contributed by atoms with E-state index in [0.29, 0.717) is 0 Å². The van der Waals surface area contributed by atoms with Gasteiger partial charge in [0.1, 0.15) is 5.69 Å². The Morgan fingerprint density at radius 1 is 1.26 bits per heavy atom. The van der Waals surface area contributed by atoms with Crippen LogP contribution >= 0.6 is 0 Å². The highest BCUT2D eigenvalue weighted by molar-refractivity contribution is 6.00. The lowest BCUT2D eigenvalue weighted by Crippen LogP contribution is -2.18. The normalized spacial score (nSPS) is 10.3. The lowest BCUT2D eigenvalue weighted by molar-refractivity contribution is -0.384. The summed E-state index contributed by atoms with van der Waals surface area (Å²) in [7, 11) is 1.21. The first-order chi connectivity index (χ1) is 10.8. The van der Waals surface area contributed by atoms with Gasteiger partial charge in [-0.25, -0.2) is 0 Å². The molecule has 0 spiro atoms. The highest BCUT2D eigenvalue weighted by Gasteiger charge is 2.20. The van der Waals surface area contributed by atoms with E-state index in [9.17, 15) is 24.5 Å². The molecule has 0 saturated heterocycles. The molecule has 0 unspecified atom stereocenters. The molecule has 0 bridgehead atoms. The number of esters is 1. The fraction of sp³-hybridized carbons (Fsp3) is 0.400. The molecule has 1 aromatic rings. The number of rotatable bonds is 7. The van der Waals surface area contributed by atoms with E-state index in [1.807, 2.05) is 0 Å². The smallest absolute Gasteiger partial charge is 0.305 e. The fourth-order valence-corrected chi connectivity index (χ4v) is 1.70. The lowest BCUT2D eigenvalue weighted by Gasteiger charge is -2.09. The monoisotopic (exact) mass is 322 g/mol. The summed E-state index contributed by atoms with van der Waals surface area (Å²) in [5, 5.41) is 13.6. The SMILES string of the molecule is COC(=O)CCC(=O)c1ccc(NC(=O)C(C)C)c([N+](=O)[O-])c1. The zero-order chi connectivity index (χ0) is 17.6. The predicted molar refractivity (Wildman–Crippen MR) is 82.1 cm³/mol. The van der Waals surface area contributed by atoms with Crippen LogP contribution in [-0.4, -0.2) is 29.7 Å². The Labute approximate surface area is 133 Å². The summed E-state index contributed by atoms with van der Waals surface area (Å²) in [5.41, 5.74) is -0.246. The second-order valence-electron chi connectivity index (χ2n) is 5.13. The Morgan fingerprint density at radius 2 is 1.91 bits per heavy atom. The van der Waals surface area contributed by atoms with Crippen LogP contribution < -0.4 is 5.32 Å². The summed E-state index contributed by atoms with van der Waals surface area (Å²) in [5.74, 6) is -1.65. The van der Waals surface area contributed by atoms with Gasteiger partial charge < -0.3 is 10.1 Å². The van der Waals surface area contributed by atoms with E-state index in [1.165, 1.54) is 19.2 Å². The number of methoxy groups -OCH3 is 1. The Hall–Kier alpha value is -2.77. The molecule has 23 heavy (non-hydrogen) atoms. The molecule has 1 amide bonds. The number of hydrogen-bond donors (Lipinski definition) is 1. The summed E-state index contributed by atoms with van der Waals surface area (Å²) >= 11 is 0. The molecule has 1 aromatic carbocycles. The zero-order valence-electron chi connectivity index (χ0n) is 13.1. The van der Waals surface area contributed by atoms with Crippen LogP contribution in [0.5, 0.6) is 0 Å². The number of Topliss-reactive ketones (excluding diaryl/α,β-unsaturated/α-hetero) is 1. The first kappa shape index (κ1) is 18.3.